The number of pyridine rings is 1. The third-order valence-electron chi connectivity index (χ3n) is 5.44. The van der Waals surface area contributed by atoms with Crippen LogP contribution in [0.3, 0.4) is 0 Å². The maximum atomic E-state index is 13.2. The molecular formula is C22H25N3O2S. The largest absolute Gasteiger partial charge is 0.379 e. The van der Waals surface area contributed by atoms with Crippen molar-refractivity contribution in [3.63, 3.8) is 0 Å². The van der Waals surface area contributed by atoms with Gasteiger partial charge < -0.3 is 10.1 Å². The summed E-state index contributed by atoms with van der Waals surface area (Å²) in [5, 5.41) is 6.12. The summed E-state index contributed by atoms with van der Waals surface area (Å²) in [5.41, 5.74) is 2.36. The van der Waals surface area contributed by atoms with Gasteiger partial charge in [-0.15, -0.1) is 11.3 Å². The molecule has 0 bridgehead atoms. The van der Waals surface area contributed by atoms with Crippen molar-refractivity contribution in [3.05, 3.63) is 53.4 Å². The van der Waals surface area contributed by atoms with E-state index in [9.17, 15) is 4.79 Å². The average molecular weight is 396 g/mol. The summed E-state index contributed by atoms with van der Waals surface area (Å²) < 4.78 is 5.44. The lowest BCUT2D eigenvalue weighted by atomic mass is 10.0. The first-order chi connectivity index (χ1) is 13.6. The van der Waals surface area contributed by atoms with Gasteiger partial charge in [0, 0.05) is 30.6 Å². The van der Waals surface area contributed by atoms with Gasteiger partial charge in [0.1, 0.15) is 0 Å². The molecule has 1 fully saturated rings. The molecule has 0 spiro atoms. The van der Waals surface area contributed by atoms with Crippen LogP contribution in [-0.2, 0) is 4.74 Å². The minimum Gasteiger partial charge on any atom is -0.379 e. The van der Waals surface area contributed by atoms with Crippen LogP contribution in [-0.4, -0.2) is 54.2 Å². The van der Waals surface area contributed by atoms with Gasteiger partial charge in [-0.3, -0.25) is 9.69 Å². The normalized spacial score (nSPS) is 17.4. The van der Waals surface area contributed by atoms with E-state index in [2.05, 4.69) is 24.1 Å². The maximum Gasteiger partial charge on any atom is 0.252 e. The summed E-state index contributed by atoms with van der Waals surface area (Å²) in [4.78, 5) is 21.4. The van der Waals surface area contributed by atoms with Gasteiger partial charge in [-0.25, -0.2) is 4.98 Å². The smallest absolute Gasteiger partial charge is 0.252 e. The molecule has 1 aliphatic rings. The number of amides is 1. The lowest BCUT2D eigenvalue weighted by Gasteiger charge is -2.35. The number of benzene rings is 1. The van der Waals surface area contributed by atoms with E-state index in [0.717, 1.165) is 47.8 Å². The topological polar surface area (TPSA) is 54.5 Å². The van der Waals surface area contributed by atoms with Crippen molar-refractivity contribution in [1.82, 2.24) is 15.2 Å². The fraction of sp³-hybridized carbons (Fsp3) is 0.364. The van der Waals surface area contributed by atoms with Gasteiger partial charge in [-0.2, -0.15) is 0 Å². The van der Waals surface area contributed by atoms with Crippen LogP contribution in [0.1, 0.15) is 24.2 Å². The fourth-order valence-corrected chi connectivity index (χ4v) is 4.31. The number of thiophene rings is 1. The van der Waals surface area contributed by atoms with Crippen molar-refractivity contribution in [3.8, 4) is 10.6 Å². The molecule has 146 valence electrons. The fourth-order valence-electron chi connectivity index (χ4n) is 3.62. The Kier molecular flexibility index (Phi) is 5.71. The van der Waals surface area contributed by atoms with Crippen LogP contribution < -0.4 is 5.32 Å². The number of carbonyl (C=O) groups is 1. The molecule has 0 radical (unpaired) electrons. The quantitative estimate of drug-likeness (QED) is 0.714. The molecule has 3 aromatic rings. The Balaban J connectivity index is 1.61. The molecule has 1 saturated heterocycles. The first-order valence-electron chi connectivity index (χ1n) is 9.70. The molecule has 2 unspecified atom stereocenters. The Labute approximate surface area is 169 Å². The number of para-hydroxylation sites is 1. The molecule has 4 rings (SSSR count). The molecule has 0 aliphatic carbocycles. The van der Waals surface area contributed by atoms with Crippen LogP contribution in [0.25, 0.3) is 21.5 Å². The highest BCUT2D eigenvalue weighted by molar-refractivity contribution is 7.13. The third-order valence-corrected chi connectivity index (χ3v) is 6.33. The standard InChI is InChI=1S/C22H25N3O2S/c1-15(16(2)25-9-11-27-12-10-25)23-22(26)18-14-20(21-8-5-13-28-21)24-19-7-4-3-6-17(18)19/h3-8,13-16H,9-12H2,1-2H3,(H,23,26). The number of aromatic nitrogens is 1. The molecule has 28 heavy (non-hydrogen) atoms. The van der Waals surface area contributed by atoms with Crippen LogP contribution in [0, 0.1) is 0 Å². The molecule has 6 heteroatoms. The number of fused-ring (bicyclic) bond motifs is 1. The number of morpholine rings is 1. The highest BCUT2D eigenvalue weighted by Crippen LogP contribution is 2.28. The molecule has 1 aromatic carbocycles. The maximum absolute atomic E-state index is 13.2. The molecular weight excluding hydrogens is 370 g/mol. The Morgan fingerprint density at radius 2 is 1.96 bits per heavy atom. The molecule has 3 heterocycles. The Hall–Kier alpha value is -2.28. The zero-order valence-electron chi connectivity index (χ0n) is 16.2. The van der Waals surface area contributed by atoms with E-state index in [-0.39, 0.29) is 18.0 Å². The number of hydrogen-bond acceptors (Lipinski definition) is 5. The number of nitrogens with one attached hydrogen (secondary N) is 1. The number of rotatable bonds is 5. The van der Waals surface area contributed by atoms with Gasteiger partial charge >= 0.3 is 0 Å². The zero-order chi connectivity index (χ0) is 19.5. The van der Waals surface area contributed by atoms with E-state index in [0.29, 0.717) is 5.56 Å². The summed E-state index contributed by atoms with van der Waals surface area (Å²) >= 11 is 1.63. The summed E-state index contributed by atoms with van der Waals surface area (Å²) in [6.45, 7) is 7.55. The first-order valence-corrected chi connectivity index (χ1v) is 10.6. The molecule has 2 aromatic heterocycles. The molecule has 1 amide bonds. The summed E-state index contributed by atoms with van der Waals surface area (Å²) in [6, 6.07) is 14.1. The van der Waals surface area contributed by atoms with Gasteiger partial charge in [0.25, 0.3) is 5.91 Å². The van der Waals surface area contributed by atoms with E-state index in [1.165, 1.54) is 0 Å². The van der Waals surface area contributed by atoms with Crippen LogP contribution in [0.2, 0.25) is 0 Å². The highest BCUT2D eigenvalue weighted by Gasteiger charge is 2.24. The van der Waals surface area contributed by atoms with Crippen molar-refractivity contribution in [1.29, 1.82) is 0 Å². The van der Waals surface area contributed by atoms with E-state index in [4.69, 9.17) is 9.72 Å². The van der Waals surface area contributed by atoms with Gasteiger partial charge in [-0.05, 0) is 37.4 Å². The van der Waals surface area contributed by atoms with E-state index < -0.39 is 0 Å². The molecule has 1 aliphatic heterocycles. The predicted molar refractivity (Wildman–Crippen MR) is 114 cm³/mol. The van der Waals surface area contributed by atoms with E-state index in [1.54, 1.807) is 11.3 Å². The van der Waals surface area contributed by atoms with Crippen LogP contribution in [0.4, 0.5) is 0 Å². The lowest BCUT2D eigenvalue weighted by molar-refractivity contribution is 0.0137. The molecule has 5 nitrogen and oxygen atoms in total. The van der Waals surface area contributed by atoms with Crippen LogP contribution in [0.15, 0.2) is 47.8 Å². The minimum absolute atomic E-state index is 0.0303. The second-order valence-corrected chi connectivity index (χ2v) is 8.15. The van der Waals surface area contributed by atoms with Crippen LogP contribution >= 0.6 is 11.3 Å². The minimum atomic E-state index is -0.0518. The Bertz CT molecular complexity index is 952. The van der Waals surface area contributed by atoms with Crippen molar-refractivity contribution >= 4 is 28.1 Å². The monoisotopic (exact) mass is 395 g/mol. The number of ether oxygens (including phenoxy) is 1. The summed E-state index contributed by atoms with van der Waals surface area (Å²) in [7, 11) is 0. The highest BCUT2D eigenvalue weighted by atomic mass is 32.1. The molecule has 0 saturated carbocycles. The second-order valence-electron chi connectivity index (χ2n) is 7.20. The van der Waals surface area contributed by atoms with Gasteiger partial charge in [0.05, 0.1) is 34.9 Å². The lowest BCUT2D eigenvalue weighted by Crippen LogP contribution is -2.52. The predicted octanol–water partition coefficient (Wildman–Crippen LogP) is 3.80. The Morgan fingerprint density at radius 3 is 2.71 bits per heavy atom. The number of nitrogens with zero attached hydrogens (tertiary/aromatic N) is 2. The second kappa shape index (κ2) is 8.39. The van der Waals surface area contributed by atoms with E-state index in [1.807, 2.05) is 47.8 Å². The first kappa shape index (κ1) is 19.1. The van der Waals surface area contributed by atoms with Crippen molar-refractivity contribution in [2.24, 2.45) is 0 Å². The third kappa shape index (κ3) is 3.94. The van der Waals surface area contributed by atoms with Gasteiger partial charge in [0.2, 0.25) is 0 Å². The molecule has 1 N–H and O–H groups in total. The SMILES string of the molecule is CC(NC(=O)c1cc(-c2cccs2)nc2ccccc12)C(C)N1CCOCC1. The zero-order valence-corrected chi connectivity index (χ0v) is 17.0. The summed E-state index contributed by atoms with van der Waals surface area (Å²) in [5.74, 6) is -0.0518. The summed E-state index contributed by atoms with van der Waals surface area (Å²) in [6.07, 6.45) is 0. The van der Waals surface area contributed by atoms with Crippen molar-refractivity contribution < 1.29 is 9.53 Å². The van der Waals surface area contributed by atoms with Crippen LogP contribution in [0.5, 0.6) is 0 Å². The average Bonchev–Trinajstić information content (AvgIpc) is 3.28. The number of hydrogen-bond donors (Lipinski definition) is 1. The van der Waals surface area contributed by atoms with Crippen molar-refractivity contribution in [2.45, 2.75) is 25.9 Å². The van der Waals surface area contributed by atoms with E-state index >= 15 is 0 Å². The van der Waals surface area contributed by atoms with Gasteiger partial charge in [-0.1, -0.05) is 24.3 Å². The molecule has 2 atom stereocenters. The van der Waals surface area contributed by atoms with Gasteiger partial charge in [0.15, 0.2) is 0 Å². The number of carbonyl (C=O) groups excluding carboxylic acids is 1. The Morgan fingerprint density at radius 1 is 1.18 bits per heavy atom. The van der Waals surface area contributed by atoms with Crippen molar-refractivity contribution in [2.75, 3.05) is 26.3 Å².